The zero-order chi connectivity index (χ0) is 16.4. The van der Waals surface area contributed by atoms with Crippen LogP contribution in [0.2, 0.25) is 0 Å². The van der Waals surface area contributed by atoms with Crippen molar-refractivity contribution in [1.82, 2.24) is 20.4 Å². The van der Waals surface area contributed by atoms with Crippen molar-refractivity contribution >= 4 is 17.2 Å². The molecule has 1 amide bonds. The van der Waals surface area contributed by atoms with Gasteiger partial charge in [-0.05, 0) is 43.2 Å². The van der Waals surface area contributed by atoms with Gasteiger partial charge < -0.3 is 14.7 Å². The van der Waals surface area contributed by atoms with Crippen LogP contribution in [-0.2, 0) is 11.2 Å². The standard InChI is InChI=1S/C17H22N4O2S/c22-15(18-10-12-7-8-21(11-12)13-3-4-13)5-6-16-19-17(20-23-16)14-2-1-9-24-14/h1-2,9,12-13H,3-8,10-11H2,(H,18,22). The average molecular weight is 346 g/mol. The molecule has 2 aliphatic rings. The predicted molar refractivity (Wildman–Crippen MR) is 91.6 cm³/mol. The van der Waals surface area contributed by atoms with Crippen molar-refractivity contribution in [1.29, 1.82) is 0 Å². The Balaban J connectivity index is 1.18. The molecule has 2 aromatic heterocycles. The van der Waals surface area contributed by atoms with Crippen LogP contribution in [-0.4, -0.2) is 46.6 Å². The van der Waals surface area contributed by atoms with Gasteiger partial charge in [0.25, 0.3) is 0 Å². The first kappa shape index (κ1) is 15.8. The third-order valence-corrected chi connectivity index (χ3v) is 5.61. The first-order valence-electron chi connectivity index (χ1n) is 8.65. The van der Waals surface area contributed by atoms with E-state index in [4.69, 9.17) is 4.52 Å². The van der Waals surface area contributed by atoms with Gasteiger partial charge in [0.05, 0.1) is 4.88 Å². The van der Waals surface area contributed by atoms with Crippen LogP contribution in [0.1, 0.15) is 31.6 Å². The number of nitrogens with one attached hydrogen (secondary N) is 1. The van der Waals surface area contributed by atoms with Gasteiger partial charge in [0.2, 0.25) is 17.6 Å². The van der Waals surface area contributed by atoms with Crippen molar-refractivity contribution in [2.75, 3.05) is 19.6 Å². The van der Waals surface area contributed by atoms with Gasteiger partial charge >= 0.3 is 0 Å². The number of nitrogens with zero attached hydrogens (tertiary/aromatic N) is 3. The van der Waals surface area contributed by atoms with Crippen LogP contribution in [0.4, 0.5) is 0 Å². The van der Waals surface area contributed by atoms with Crippen molar-refractivity contribution in [3.8, 4) is 10.7 Å². The van der Waals surface area contributed by atoms with E-state index in [0.717, 1.165) is 24.0 Å². The summed E-state index contributed by atoms with van der Waals surface area (Å²) in [6, 6.07) is 4.75. The zero-order valence-corrected chi connectivity index (χ0v) is 14.4. The fourth-order valence-electron chi connectivity index (χ4n) is 3.23. The molecule has 24 heavy (non-hydrogen) atoms. The molecule has 0 radical (unpaired) electrons. The Hall–Kier alpha value is -1.73. The van der Waals surface area contributed by atoms with Crippen molar-refractivity contribution in [2.24, 2.45) is 5.92 Å². The molecule has 1 saturated carbocycles. The smallest absolute Gasteiger partial charge is 0.227 e. The highest BCUT2D eigenvalue weighted by Crippen LogP contribution is 2.31. The minimum absolute atomic E-state index is 0.0655. The molecule has 128 valence electrons. The van der Waals surface area contributed by atoms with Gasteiger partial charge in [-0.25, -0.2) is 0 Å². The molecule has 2 aromatic rings. The Morgan fingerprint density at radius 2 is 2.33 bits per heavy atom. The van der Waals surface area contributed by atoms with E-state index in [1.54, 1.807) is 11.3 Å². The summed E-state index contributed by atoms with van der Waals surface area (Å²) in [6.45, 7) is 3.11. The summed E-state index contributed by atoms with van der Waals surface area (Å²) in [7, 11) is 0. The maximum atomic E-state index is 12.0. The highest BCUT2D eigenvalue weighted by atomic mass is 32.1. The summed E-state index contributed by atoms with van der Waals surface area (Å²) in [4.78, 5) is 19.9. The second-order valence-electron chi connectivity index (χ2n) is 6.67. The molecule has 4 rings (SSSR count). The van der Waals surface area contributed by atoms with Crippen molar-refractivity contribution in [3.63, 3.8) is 0 Å². The normalized spacial score (nSPS) is 21.2. The number of likely N-dealkylation sites (tertiary alicyclic amines) is 1. The Labute approximate surface area is 145 Å². The molecule has 0 spiro atoms. The number of aromatic nitrogens is 2. The predicted octanol–water partition coefficient (Wildman–Crippen LogP) is 2.33. The molecule has 1 N–H and O–H groups in total. The van der Waals surface area contributed by atoms with Gasteiger partial charge in [0, 0.05) is 32.0 Å². The van der Waals surface area contributed by atoms with Crippen LogP contribution in [0.5, 0.6) is 0 Å². The fraction of sp³-hybridized carbons (Fsp3) is 0.588. The van der Waals surface area contributed by atoms with Crippen LogP contribution < -0.4 is 5.32 Å². The minimum Gasteiger partial charge on any atom is -0.356 e. The zero-order valence-electron chi connectivity index (χ0n) is 13.6. The van der Waals surface area contributed by atoms with Crippen LogP contribution in [0.25, 0.3) is 10.7 Å². The Bertz CT molecular complexity index is 681. The van der Waals surface area contributed by atoms with Gasteiger partial charge in [0.1, 0.15) is 0 Å². The summed E-state index contributed by atoms with van der Waals surface area (Å²) in [5, 5.41) is 9.00. The molecule has 0 bridgehead atoms. The highest BCUT2D eigenvalue weighted by molar-refractivity contribution is 7.13. The van der Waals surface area contributed by atoms with Crippen LogP contribution in [0, 0.1) is 5.92 Å². The lowest BCUT2D eigenvalue weighted by Crippen LogP contribution is -2.31. The molecule has 1 atom stereocenters. The van der Waals surface area contributed by atoms with Gasteiger partial charge in [-0.15, -0.1) is 11.3 Å². The lowest BCUT2D eigenvalue weighted by molar-refractivity contribution is -0.121. The monoisotopic (exact) mass is 346 g/mol. The van der Waals surface area contributed by atoms with Crippen molar-refractivity contribution in [3.05, 3.63) is 23.4 Å². The number of hydrogen-bond acceptors (Lipinski definition) is 6. The topological polar surface area (TPSA) is 71.3 Å². The van der Waals surface area contributed by atoms with Crippen molar-refractivity contribution < 1.29 is 9.32 Å². The van der Waals surface area contributed by atoms with Crippen LogP contribution in [0.15, 0.2) is 22.0 Å². The van der Waals surface area contributed by atoms with Gasteiger partial charge in [-0.2, -0.15) is 4.98 Å². The average Bonchev–Trinajstić information content (AvgIpc) is 3.03. The summed E-state index contributed by atoms with van der Waals surface area (Å²) in [5.41, 5.74) is 0. The summed E-state index contributed by atoms with van der Waals surface area (Å²) >= 11 is 1.57. The quantitative estimate of drug-likeness (QED) is 0.833. The molecule has 1 unspecified atom stereocenters. The summed E-state index contributed by atoms with van der Waals surface area (Å²) in [6.07, 6.45) is 4.80. The number of rotatable bonds is 7. The SMILES string of the molecule is O=C(CCc1nc(-c2cccs2)no1)NCC1CCN(C2CC2)C1. The third-order valence-electron chi connectivity index (χ3n) is 4.74. The second kappa shape index (κ2) is 7.03. The molecule has 1 saturated heterocycles. The molecule has 7 heteroatoms. The van der Waals surface area contributed by atoms with E-state index >= 15 is 0 Å². The number of carbonyl (C=O) groups excluding carboxylic acids is 1. The molecule has 6 nitrogen and oxygen atoms in total. The number of amides is 1. The fourth-order valence-corrected chi connectivity index (χ4v) is 3.88. The Kier molecular flexibility index (Phi) is 4.62. The minimum atomic E-state index is 0.0655. The third kappa shape index (κ3) is 3.84. The molecule has 0 aromatic carbocycles. The molecular formula is C17H22N4O2S. The van der Waals surface area contributed by atoms with E-state index in [1.807, 2.05) is 17.5 Å². The lowest BCUT2D eigenvalue weighted by Gasteiger charge is -2.15. The van der Waals surface area contributed by atoms with E-state index < -0.39 is 0 Å². The highest BCUT2D eigenvalue weighted by Gasteiger charge is 2.34. The Morgan fingerprint density at radius 3 is 3.12 bits per heavy atom. The number of aryl methyl sites for hydroxylation is 1. The molecule has 3 heterocycles. The van der Waals surface area contributed by atoms with Crippen molar-refractivity contribution in [2.45, 2.75) is 38.1 Å². The maximum Gasteiger partial charge on any atom is 0.227 e. The van der Waals surface area contributed by atoms with E-state index in [0.29, 0.717) is 30.5 Å². The molecule has 2 fully saturated rings. The van der Waals surface area contributed by atoms with E-state index in [-0.39, 0.29) is 5.91 Å². The van der Waals surface area contributed by atoms with Gasteiger partial charge in [-0.1, -0.05) is 11.2 Å². The Morgan fingerprint density at radius 1 is 1.42 bits per heavy atom. The van der Waals surface area contributed by atoms with Crippen LogP contribution in [0.3, 0.4) is 0 Å². The maximum absolute atomic E-state index is 12.0. The molecule has 1 aliphatic carbocycles. The first-order valence-corrected chi connectivity index (χ1v) is 9.53. The number of hydrogen-bond donors (Lipinski definition) is 1. The largest absolute Gasteiger partial charge is 0.356 e. The van der Waals surface area contributed by atoms with Gasteiger partial charge in [0.15, 0.2) is 0 Å². The van der Waals surface area contributed by atoms with E-state index in [9.17, 15) is 4.79 Å². The number of carbonyl (C=O) groups is 1. The second-order valence-corrected chi connectivity index (χ2v) is 7.62. The van der Waals surface area contributed by atoms with Gasteiger partial charge in [-0.3, -0.25) is 4.79 Å². The van der Waals surface area contributed by atoms with E-state index in [1.165, 1.54) is 25.8 Å². The summed E-state index contributed by atoms with van der Waals surface area (Å²) in [5.74, 6) is 1.79. The molecular weight excluding hydrogens is 324 g/mol. The summed E-state index contributed by atoms with van der Waals surface area (Å²) < 4.78 is 5.22. The molecule has 1 aliphatic heterocycles. The lowest BCUT2D eigenvalue weighted by atomic mass is 10.1. The number of thiophene rings is 1. The van der Waals surface area contributed by atoms with E-state index in [2.05, 4.69) is 20.4 Å². The first-order chi connectivity index (χ1) is 11.8. The van der Waals surface area contributed by atoms with Crippen LogP contribution >= 0.6 is 11.3 Å².